The molecule has 4 bridgehead atoms. The van der Waals surface area contributed by atoms with Gasteiger partial charge in [0.1, 0.15) is 23.4 Å². The predicted octanol–water partition coefficient (Wildman–Crippen LogP) is 2.49. The zero-order chi connectivity index (χ0) is 54.4. The van der Waals surface area contributed by atoms with E-state index in [1.165, 1.54) is 19.1 Å². The van der Waals surface area contributed by atoms with Crippen molar-refractivity contribution >= 4 is 41.9 Å². The zero-order valence-corrected chi connectivity index (χ0v) is 42.1. The fourth-order valence-corrected chi connectivity index (χ4v) is 11.7. The molecule has 4 aromatic rings. The van der Waals surface area contributed by atoms with Crippen LogP contribution < -0.4 is 26.7 Å². The van der Waals surface area contributed by atoms with Crippen molar-refractivity contribution in [2.45, 2.75) is 133 Å². The van der Waals surface area contributed by atoms with Crippen LogP contribution in [-0.4, -0.2) is 121 Å². The summed E-state index contributed by atoms with van der Waals surface area (Å²) in [7, 11) is 0. The number of phenols is 1. The number of carbonyl (C=O) groups excluding carboxylic acids is 4. The number of aliphatic hydroxyl groups excluding tert-OH is 3. The van der Waals surface area contributed by atoms with E-state index in [9.17, 15) is 45.3 Å². The first-order valence-corrected chi connectivity index (χ1v) is 25.4. The Labute approximate surface area is 438 Å². The fraction of sp³-hybridized carbons (Fsp3) is 0.421. The summed E-state index contributed by atoms with van der Waals surface area (Å²) >= 11 is 0. The normalized spacial score (nSPS) is 25.9. The van der Waals surface area contributed by atoms with Crippen molar-refractivity contribution in [3.8, 4) is 29.1 Å². The number of guanidine groups is 1. The Balaban J connectivity index is 1.34. The maximum absolute atomic E-state index is 15.9. The molecule has 1 heterocycles. The second-order valence-electron chi connectivity index (χ2n) is 20.3. The van der Waals surface area contributed by atoms with E-state index in [4.69, 9.17) is 36.1 Å². The summed E-state index contributed by atoms with van der Waals surface area (Å²) < 4.78 is 24.5. The average Bonchev–Trinajstić information content (AvgIpc) is 3.86. The van der Waals surface area contributed by atoms with E-state index in [1.54, 1.807) is 30.3 Å². The van der Waals surface area contributed by atoms with E-state index in [1.807, 2.05) is 12.1 Å². The van der Waals surface area contributed by atoms with Gasteiger partial charge in [0, 0.05) is 58.7 Å². The van der Waals surface area contributed by atoms with Crippen molar-refractivity contribution in [1.82, 2.24) is 0 Å². The van der Waals surface area contributed by atoms with Crippen LogP contribution in [0.1, 0.15) is 145 Å². The highest BCUT2D eigenvalue weighted by Gasteiger charge is 2.56. The number of nitrogens with zero attached hydrogens (tertiary/aromatic N) is 1. The third kappa shape index (κ3) is 10.0. The largest absolute Gasteiger partial charge is 0.507 e. The first-order chi connectivity index (χ1) is 36.3. The van der Waals surface area contributed by atoms with Crippen molar-refractivity contribution in [3.05, 3.63) is 120 Å². The number of fused-ring (bicyclic) bond motifs is 5. The molecule has 0 amide bonds. The number of nitrogens with two attached hydrogens (primary N) is 3. The number of phenolic OH excluding ortho intramolecular Hbond substituents is 1. The lowest BCUT2D eigenvalue weighted by Crippen LogP contribution is -2.67. The molecule has 1 saturated heterocycles. The molecule has 76 heavy (non-hydrogen) atoms. The Bertz CT molecular complexity index is 3130. The second kappa shape index (κ2) is 21.7. The van der Waals surface area contributed by atoms with Gasteiger partial charge in [-0.05, 0) is 110 Å². The van der Waals surface area contributed by atoms with Crippen LogP contribution >= 0.6 is 0 Å². The lowest BCUT2D eigenvalue weighted by Gasteiger charge is -2.46. The van der Waals surface area contributed by atoms with Crippen LogP contribution in [0.3, 0.4) is 0 Å². The SMILES string of the molecule is CC(=O)Oc1cc(CO)c2c3c1/C=C/c1cccc(c1)C[C@H](O)CC[C@@H](N)C#CCc1c(O[C@H]4O[C@@H](C)[C@@H](O)C(O)(O)[C@H]4OCCN=C(N)N)c(Cc4ccc5c(c4C=O)[C@@]4(O)CCC[C@H]4CC5)c(O)c(c1C3=O)C2=O. The predicted molar refractivity (Wildman–Crippen MR) is 275 cm³/mol. The molecule has 9 rings (SSSR count). The van der Waals surface area contributed by atoms with Gasteiger partial charge in [0.15, 0.2) is 29.9 Å². The monoisotopic (exact) mass is 1040 g/mol. The highest BCUT2D eigenvalue weighted by atomic mass is 16.7. The molecule has 19 heteroatoms. The summed E-state index contributed by atoms with van der Waals surface area (Å²) in [4.78, 5) is 61.6. The van der Waals surface area contributed by atoms with Gasteiger partial charge in [-0.3, -0.25) is 24.2 Å². The first-order valence-electron chi connectivity index (χ1n) is 25.4. The number of aryl methyl sites for hydroxylation is 1. The van der Waals surface area contributed by atoms with Crippen molar-refractivity contribution < 1.29 is 73.9 Å². The van der Waals surface area contributed by atoms with E-state index >= 15 is 9.59 Å². The molecule has 1 saturated carbocycles. The highest BCUT2D eigenvalue weighted by Crippen LogP contribution is 2.53. The number of aliphatic imine (C=N–C) groups is 1. The van der Waals surface area contributed by atoms with Crippen LogP contribution in [0.15, 0.2) is 47.5 Å². The summed E-state index contributed by atoms with van der Waals surface area (Å²) in [5.74, 6) is -1.53. The number of carbonyl (C=O) groups is 4. The first kappa shape index (κ1) is 54.0. The molecule has 400 valence electrons. The van der Waals surface area contributed by atoms with Gasteiger partial charge in [-0.1, -0.05) is 54.3 Å². The minimum Gasteiger partial charge on any atom is -0.507 e. The molecule has 13 N–H and O–H groups in total. The minimum atomic E-state index is -3.10. The van der Waals surface area contributed by atoms with Crippen molar-refractivity contribution in [2.24, 2.45) is 28.1 Å². The Morgan fingerprint density at radius 2 is 1.75 bits per heavy atom. The van der Waals surface area contributed by atoms with E-state index in [0.717, 1.165) is 30.9 Å². The molecule has 8 atom stereocenters. The highest BCUT2D eigenvalue weighted by molar-refractivity contribution is 6.32. The number of ketones is 2. The van der Waals surface area contributed by atoms with E-state index in [-0.39, 0.29) is 100 Å². The maximum Gasteiger partial charge on any atom is 0.308 e. The molecule has 0 radical (unpaired) electrons. The van der Waals surface area contributed by atoms with Crippen LogP contribution in [-0.2, 0) is 52.2 Å². The van der Waals surface area contributed by atoms with Crippen molar-refractivity contribution in [2.75, 3.05) is 13.2 Å². The standard InChI is InChI=1S/C57H62N4O15/c1-28-52(69)57(71,72)53(73-21-20-61-55(59)60)54(74-28)76-51-39-10-4-9-36(58)16-17-37(65)23-31-7-3-6-30(22-31)11-18-38-42(75-29(2)64)25-34(26-62)43-44(38)50(68)45(39)46(49(43)67)48(66)40(51)24-33-13-12-32-14-15-35-8-5-19-56(35,70)47(32)41(33)27-63/h3,6-7,11-13,18,22,25,27-28,35-37,52-54,62,65-66,69-72H,5,8,10,14-17,19-21,23-24,26,58H2,1-2H3,(H4,59,60,61)/b18-11+/t28-,35-,36-,37+,52+,53-,54+,56+/m0/s1. The summed E-state index contributed by atoms with van der Waals surface area (Å²) in [6.07, 6.45) is -1.30. The Hall–Kier alpha value is -6.83. The number of aldehydes is 1. The zero-order valence-electron chi connectivity index (χ0n) is 42.1. The molecule has 1 aliphatic heterocycles. The summed E-state index contributed by atoms with van der Waals surface area (Å²) in [5, 5.41) is 81.7. The van der Waals surface area contributed by atoms with Gasteiger partial charge in [-0.2, -0.15) is 0 Å². The topological polar surface area (TPSA) is 337 Å². The number of rotatable bonds is 11. The molecular formula is C57H62N4O15. The minimum absolute atomic E-state index is 0.0473. The maximum atomic E-state index is 15.9. The number of hydrogen-bond donors (Lipinski definition) is 10. The van der Waals surface area contributed by atoms with Crippen molar-refractivity contribution in [3.63, 3.8) is 0 Å². The third-order valence-electron chi connectivity index (χ3n) is 15.3. The molecule has 0 aromatic heterocycles. The molecule has 0 unspecified atom stereocenters. The van der Waals surface area contributed by atoms with Crippen LogP contribution in [0.25, 0.3) is 12.2 Å². The van der Waals surface area contributed by atoms with Gasteiger partial charge < -0.3 is 71.9 Å². The average molecular weight is 1040 g/mol. The van der Waals surface area contributed by atoms with Gasteiger partial charge >= 0.3 is 5.97 Å². The lowest BCUT2D eigenvalue weighted by molar-refractivity contribution is -0.378. The van der Waals surface area contributed by atoms with Crippen molar-refractivity contribution in [1.29, 1.82) is 0 Å². The lowest BCUT2D eigenvalue weighted by atomic mass is 9.70. The molecule has 5 aliphatic rings. The third-order valence-corrected chi connectivity index (χ3v) is 15.3. The number of hydrogen-bond acceptors (Lipinski definition) is 17. The van der Waals surface area contributed by atoms with Crippen LogP contribution in [0.4, 0.5) is 0 Å². The van der Waals surface area contributed by atoms with Gasteiger partial charge in [0.05, 0.1) is 49.2 Å². The second-order valence-corrected chi connectivity index (χ2v) is 20.3. The van der Waals surface area contributed by atoms with Crippen LogP contribution in [0, 0.1) is 17.8 Å². The van der Waals surface area contributed by atoms with Crippen LogP contribution in [0.5, 0.6) is 17.2 Å². The Kier molecular flexibility index (Phi) is 15.4. The molecular weight excluding hydrogens is 981 g/mol. The van der Waals surface area contributed by atoms with E-state index in [0.29, 0.717) is 36.7 Å². The summed E-state index contributed by atoms with van der Waals surface area (Å²) in [6.45, 7) is 1.07. The molecule has 2 fully saturated rings. The summed E-state index contributed by atoms with van der Waals surface area (Å²) in [5.41, 5.74) is 17.2. The smallest absolute Gasteiger partial charge is 0.308 e. The van der Waals surface area contributed by atoms with Gasteiger partial charge in [-0.25, -0.2) is 0 Å². The Morgan fingerprint density at radius 1 is 0.974 bits per heavy atom. The number of benzene rings is 4. The van der Waals surface area contributed by atoms with Gasteiger partial charge in [-0.15, -0.1) is 0 Å². The van der Waals surface area contributed by atoms with Gasteiger partial charge in [0.2, 0.25) is 12.1 Å². The summed E-state index contributed by atoms with van der Waals surface area (Å²) in [6, 6.07) is 11.1. The van der Waals surface area contributed by atoms with Gasteiger partial charge in [0.25, 0.3) is 0 Å². The Morgan fingerprint density at radius 3 is 2.49 bits per heavy atom. The molecule has 4 aromatic carbocycles. The number of aromatic hydroxyl groups is 1. The number of ether oxygens (including phenoxy) is 4. The fourth-order valence-electron chi connectivity index (χ4n) is 11.7. The van der Waals surface area contributed by atoms with E-state index in [2.05, 4.69) is 16.8 Å². The molecule has 0 spiro atoms. The number of aliphatic hydroxyl groups is 6. The molecule has 4 aliphatic carbocycles. The molecule has 19 nitrogen and oxygen atoms in total. The van der Waals surface area contributed by atoms with Crippen LogP contribution in [0.2, 0.25) is 0 Å². The van der Waals surface area contributed by atoms with E-state index < -0.39 is 102 Å². The quantitative estimate of drug-likeness (QED) is 0.0133. The number of esters is 1.